The number of aliphatic carboxylic acids is 1. The average Bonchev–Trinajstić information content (AvgIpc) is 2.92. The summed E-state index contributed by atoms with van der Waals surface area (Å²) in [6.07, 6.45) is -1.36. The smallest absolute Gasteiger partial charge is 0.344 e. The molecule has 27 heavy (non-hydrogen) atoms. The predicted octanol–water partition coefficient (Wildman–Crippen LogP) is 5.05. The first-order chi connectivity index (χ1) is 12.6. The van der Waals surface area contributed by atoms with Crippen LogP contribution >= 0.6 is 11.3 Å². The minimum atomic E-state index is -3.55. The number of halogens is 3. The first-order valence-corrected chi connectivity index (χ1v) is 8.72. The van der Waals surface area contributed by atoms with E-state index in [2.05, 4.69) is 0 Å². The number of fused-ring (bicyclic) bond motifs is 1. The molecule has 3 rings (SSSR count). The number of ether oxygens (including phenoxy) is 1. The second-order valence-electron chi connectivity index (χ2n) is 6.07. The molecule has 3 aromatic rings. The molecule has 1 aromatic heterocycles. The van der Waals surface area contributed by atoms with Gasteiger partial charge >= 0.3 is 11.9 Å². The fourth-order valence-corrected chi connectivity index (χ4v) is 3.87. The summed E-state index contributed by atoms with van der Waals surface area (Å²) in [6.45, 7) is 2.60. The van der Waals surface area contributed by atoms with Gasteiger partial charge in [-0.15, -0.1) is 11.3 Å². The van der Waals surface area contributed by atoms with E-state index in [4.69, 9.17) is 9.84 Å². The molecule has 0 aliphatic carbocycles. The number of thiophene rings is 1. The summed E-state index contributed by atoms with van der Waals surface area (Å²) in [5.74, 6) is -5.87. The molecule has 1 heterocycles. The molecule has 0 amide bonds. The molecule has 2 N–H and O–H groups in total. The van der Waals surface area contributed by atoms with Gasteiger partial charge < -0.3 is 14.9 Å². The van der Waals surface area contributed by atoms with Crippen LogP contribution in [0.1, 0.15) is 22.9 Å². The van der Waals surface area contributed by atoms with Gasteiger partial charge in [0.05, 0.1) is 0 Å². The van der Waals surface area contributed by atoms with Crippen LogP contribution in [0.25, 0.3) is 10.1 Å². The number of benzene rings is 2. The summed E-state index contributed by atoms with van der Waals surface area (Å²) in [4.78, 5) is 10.6. The van der Waals surface area contributed by atoms with Crippen molar-refractivity contribution in [3.05, 3.63) is 58.2 Å². The third-order valence-corrected chi connectivity index (χ3v) is 5.29. The zero-order chi connectivity index (χ0) is 19.9. The number of phenolic OH excluding ortho intramolecular Hbond substituents is 1. The number of hydrogen-bond acceptors (Lipinski definition) is 4. The maximum absolute atomic E-state index is 15.3. The zero-order valence-electron chi connectivity index (χ0n) is 14.3. The molecule has 0 spiro atoms. The second kappa shape index (κ2) is 6.77. The van der Waals surface area contributed by atoms with E-state index in [0.29, 0.717) is 16.0 Å². The molecule has 0 radical (unpaired) electrons. The summed E-state index contributed by atoms with van der Waals surface area (Å²) >= 11 is 0.685. The molecule has 142 valence electrons. The topological polar surface area (TPSA) is 66.8 Å². The highest BCUT2D eigenvalue weighted by Gasteiger charge is 2.41. The van der Waals surface area contributed by atoms with Gasteiger partial charge in [-0.3, -0.25) is 0 Å². The third-order valence-electron chi connectivity index (χ3n) is 4.08. The molecule has 1 atom stereocenters. The highest BCUT2D eigenvalue weighted by atomic mass is 32.1. The van der Waals surface area contributed by atoms with Crippen molar-refractivity contribution in [1.82, 2.24) is 0 Å². The standard InChI is InChI=1S/C19H15F3O4S/c1-9-7-11(20)3-6-14(9)19(21,22)17-16(26-10(2)18(24)25)13-5-4-12(23)8-15(13)27-17/h3-8,10,23H,1-2H3,(H,24,25). The minimum Gasteiger partial charge on any atom is -0.508 e. The Bertz CT molecular complexity index is 1030. The number of carboxylic acid groups (broad SMARTS) is 1. The van der Waals surface area contributed by atoms with E-state index in [1.807, 2.05) is 0 Å². The lowest BCUT2D eigenvalue weighted by Gasteiger charge is -2.20. The van der Waals surface area contributed by atoms with Crippen molar-refractivity contribution in [1.29, 1.82) is 0 Å². The fourth-order valence-electron chi connectivity index (χ4n) is 2.71. The molecule has 0 saturated heterocycles. The van der Waals surface area contributed by atoms with Crippen molar-refractivity contribution in [2.24, 2.45) is 0 Å². The molecule has 0 saturated carbocycles. The summed E-state index contributed by atoms with van der Waals surface area (Å²) in [5, 5.41) is 19.0. The molecule has 0 aliphatic rings. The van der Waals surface area contributed by atoms with Gasteiger partial charge in [0.25, 0.3) is 0 Å². The Balaban J connectivity index is 2.23. The summed E-state index contributed by atoms with van der Waals surface area (Å²) in [6, 6.07) is 6.94. The van der Waals surface area contributed by atoms with Crippen molar-refractivity contribution >= 4 is 27.4 Å². The fraction of sp³-hybridized carbons (Fsp3) is 0.211. The molecule has 1 unspecified atom stereocenters. The summed E-state index contributed by atoms with van der Waals surface area (Å²) in [7, 11) is 0. The van der Waals surface area contributed by atoms with Crippen LogP contribution in [0.4, 0.5) is 13.2 Å². The highest BCUT2D eigenvalue weighted by Crippen LogP contribution is 2.50. The first kappa shape index (κ1) is 19.0. The minimum absolute atomic E-state index is 0.0533. The number of alkyl halides is 2. The Labute approximate surface area is 156 Å². The van der Waals surface area contributed by atoms with Gasteiger partial charge in [0.2, 0.25) is 0 Å². The van der Waals surface area contributed by atoms with Gasteiger partial charge in [-0.05, 0) is 55.8 Å². The number of carbonyl (C=O) groups is 1. The maximum atomic E-state index is 15.3. The largest absolute Gasteiger partial charge is 0.508 e. The van der Waals surface area contributed by atoms with Crippen LogP contribution < -0.4 is 4.74 Å². The van der Waals surface area contributed by atoms with Crippen LogP contribution in [0, 0.1) is 12.7 Å². The molecular weight excluding hydrogens is 381 g/mol. The quantitative estimate of drug-likeness (QED) is 0.634. The van der Waals surface area contributed by atoms with E-state index < -0.39 is 34.3 Å². The van der Waals surface area contributed by atoms with Crippen molar-refractivity contribution in [3.8, 4) is 11.5 Å². The molecule has 2 aromatic carbocycles. The SMILES string of the molecule is Cc1cc(F)ccc1C(F)(F)c1sc2cc(O)ccc2c1OC(C)C(=O)O. The van der Waals surface area contributed by atoms with Crippen LogP contribution in [-0.2, 0) is 10.7 Å². The molecule has 0 bridgehead atoms. The van der Waals surface area contributed by atoms with Crippen LogP contribution in [0.15, 0.2) is 36.4 Å². The molecular formula is C19H15F3O4S. The molecule has 0 aliphatic heterocycles. The Morgan fingerprint density at radius 2 is 1.93 bits per heavy atom. The van der Waals surface area contributed by atoms with E-state index >= 15 is 8.78 Å². The lowest BCUT2D eigenvalue weighted by molar-refractivity contribution is -0.144. The Morgan fingerprint density at radius 3 is 2.56 bits per heavy atom. The Kier molecular flexibility index (Phi) is 4.77. The normalized spacial score (nSPS) is 12.9. The number of phenols is 1. The Morgan fingerprint density at radius 1 is 1.22 bits per heavy atom. The Hall–Kier alpha value is -2.74. The van der Waals surface area contributed by atoms with Gasteiger partial charge in [-0.1, -0.05) is 0 Å². The average molecular weight is 396 g/mol. The number of aryl methyl sites for hydroxylation is 1. The molecule has 0 fully saturated rings. The lowest BCUT2D eigenvalue weighted by atomic mass is 10.0. The third kappa shape index (κ3) is 3.44. The maximum Gasteiger partial charge on any atom is 0.344 e. The number of hydrogen-bond donors (Lipinski definition) is 2. The highest BCUT2D eigenvalue weighted by molar-refractivity contribution is 7.19. The van der Waals surface area contributed by atoms with Crippen molar-refractivity contribution in [2.75, 3.05) is 0 Å². The predicted molar refractivity (Wildman–Crippen MR) is 95.3 cm³/mol. The molecule has 8 heteroatoms. The molecule has 4 nitrogen and oxygen atoms in total. The van der Waals surface area contributed by atoms with Crippen LogP contribution in [0.2, 0.25) is 0 Å². The van der Waals surface area contributed by atoms with Crippen molar-refractivity contribution < 1.29 is 32.9 Å². The number of aromatic hydroxyl groups is 1. The number of rotatable bonds is 5. The van der Waals surface area contributed by atoms with Gasteiger partial charge in [0, 0.05) is 15.6 Å². The van der Waals surface area contributed by atoms with Gasteiger partial charge in [-0.25, -0.2) is 9.18 Å². The zero-order valence-corrected chi connectivity index (χ0v) is 15.1. The van der Waals surface area contributed by atoms with E-state index in [9.17, 15) is 14.3 Å². The first-order valence-electron chi connectivity index (χ1n) is 7.91. The monoisotopic (exact) mass is 396 g/mol. The van der Waals surface area contributed by atoms with Gasteiger partial charge in [-0.2, -0.15) is 8.78 Å². The van der Waals surface area contributed by atoms with E-state index in [1.54, 1.807) is 0 Å². The van der Waals surface area contributed by atoms with Crippen molar-refractivity contribution in [2.45, 2.75) is 25.9 Å². The second-order valence-corrected chi connectivity index (χ2v) is 7.12. The lowest BCUT2D eigenvalue weighted by Crippen LogP contribution is -2.25. The van der Waals surface area contributed by atoms with Crippen molar-refractivity contribution in [3.63, 3.8) is 0 Å². The van der Waals surface area contributed by atoms with Crippen LogP contribution in [-0.4, -0.2) is 22.3 Å². The van der Waals surface area contributed by atoms with E-state index in [1.165, 1.54) is 32.0 Å². The van der Waals surface area contributed by atoms with E-state index in [-0.39, 0.29) is 22.4 Å². The number of carboxylic acids is 1. The van der Waals surface area contributed by atoms with Crippen LogP contribution in [0.3, 0.4) is 0 Å². The van der Waals surface area contributed by atoms with E-state index in [0.717, 1.165) is 18.2 Å². The van der Waals surface area contributed by atoms with Crippen LogP contribution in [0.5, 0.6) is 11.5 Å². The van der Waals surface area contributed by atoms with Gasteiger partial charge in [0.1, 0.15) is 22.2 Å². The summed E-state index contributed by atoms with van der Waals surface area (Å²) < 4.78 is 49.7. The van der Waals surface area contributed by atoms with Gasteiger partial charge in [0.15, 0.2) is 6.10 Å². The summed E-state index contributed by atoms with van der Waals surface area (Å²) in [5.41, 5.74) is -0.356.